The van der Waals surface area contributed by atoms with Crippen LogP contribution in [0.15, 0.2) is 18.2 Å². The van der Waals surface area contributed by atoms with Gasteiger partial charge < -0.3 is 4.74 Å². The molecule has 1 unspecified atom stereocenters. The largest absolute Gasteiger partial charge is 0.482 e. The number of nitro groups is 1. The lowest BCUT2D eigenvalue weighted by molar-refractivity contribution is -0.386. The maximum absolute atomic E-state index is 11.9. The van der Waals surface area contributed by atoms with Crippen molar-refractivity contribution in [1.82, 2.24) is 0 Å². The summed E-state index contributed by atoms with van der Waals surface area (Å²) in [7, 11) is 0. The van der Waals surface area contributed by atoms with Crippen LogP contribution in [0.3, 0.4) is 0 Å². The van der Waals surface area contributed by atoms with Crippen LogP contribution in [0.25, 0.3) is 0 Å². The number of Topliss-reactive ketones (excluding diaryl/α,β-unsaturated/α-hetero) is 1. The Morgan fingerprint density at radius 3 is 2.65 bits per heavy atom. The van der Waals surface area contributed by atoms with E-state index in [1.165, 1.54) is 18.2 Å². The van der Waals surface area contributed by atoms with E-state index in [1.807, 2.05) is 0 Å². The van der Waals surface area contributed by atoms with Crippen LogP contribution in [0.1, 0.15) is 32.1 Å². The number of ketones is 1. The summed E-state index contributed by atoms with van der Waals surface area (Å²) >= 11 is 5.88. The predicted molar refractivity (Wildman–Crippen MR) is 73.0 cm³/mol. The number of benzene rings is 1. The van der Waals surface area contributed by atoms with Gasteiger partial charge in [0.1, 0.15) is 11.9 Å². The number of nitro benzene ring substituents is 1. The molecular formula is C14H14ClNO4. The molecule has 1 atom stereocenters. The predicted octanol–water partition coefficient (Wildman–Crippen LogP) is 3.53. The van der Waals surface area contributed by atoms with Gasteiger partial charge in [-0.25, -0.2) is 0 Å². The van der Waals surface area contributed by atoms with Crippen molar-refractivity contribution in [1.29, 1.82) is 0 Å². The Balaban J connectivity index is 1.87. The summed E-state index contributed by atoms with van der Waals surface area (Å²) in [6.07, 6.45) is 3.76. The fraction of sp³-hybridized carbons (Fsp3) is 0.500. The summed E-state index contributed by atoms with van der Waals surface area (Å²) in [6.45, 7) is 0. The molecule has 2 aliphatic carbocycles. The summed E-state index contributed by atoms with van der Waals surface area (Å²) in [5, 5.41) is 11.4. The molecule has 106 valence electrons. The van der Waals surface area contributed by atoms with E-state index in [0.29, 0.717) is 11.4 Å². The second-order valence-corrected chi connectivity index (χ2v) is 5.90. The second-order valence-electron chi connectivity index (χ2n) is 5.47. The summed E-state index contributed by atoms with van der Waals surface area (Å²) < 4.78 is 5.78. The van der Waals surface area contributed by atoms with Crippen LogP contribution in [-0.4, -0.2) is 16.8 Å². The Hall–Kier alpha value is -1.62. The maximum Gasteiger partial charge on any atom is 0.311 e. The number of carbonyl (C=O) groups is 1. The SMILES string of the molecule is O=C1CC(Oc2cc(Cl)ccc2[N+](=O)[O-])C12CCCC2. The van der Waals surface area contributed by atoms with Gasteiger partial charge in [0.15, 0.2) is 5.75 Å². The molecule has 1 spiro atoms. The number of ether oxygens (including phenoxy) is 1. The first kappa shape index (κ1) is 13.4. The lowest BCUT2D eigenvalue weighted by atomic mass is 9.63. The fourth-order valence-electron chi connectivity index (χ4n) is 3.26. The molecule has 6 heteroatoms. The van der Waals surface area contributed by atoms with Crippen LogP contribution in [0.2, 0.25) is 5.02 Å². The Bertz CT molecular complexity index is 581. The highest BCUT2D eigenvalue weighted by Crippen LogP contribution is 2.52. The van der Waals surface area contributed by atoms with Gasteiger partial charge in [0.2, 0.25) is 0 Å². The highest BCUT2D eigenvalue weighted by Gasteiger charge is 2.57. The van der Waals surface area contributed by atoms with Gasteiger partial charge in [0.25, 0.3) is 0 Å². The van der Waals surface area contributed by atoms with E-state index in [1.54, 1.807) is 0 Å². The molecule has 0 saturated heterocycles. The van der Waals surface area contributed by atoms with E-state index < -0.39 is 10.3 Å². The minimum absolute atomic E-state index is 0.109. The highest BCUT2D eigenvalue weighted by molar-refractivity contribution is 6.30. The average molecular weight is 296 g/mol. The molecule has 0 N–H and O–H groups in total. The third-order valence-corrected chi connectivity index (χ3v) is 4.66. The number of halogens is 1. The number of nitrogens with zero attached hydrogens (tertiary/aromatic N) is 1. The molecule has 0 heterocycles. The fourth-order valence-corrected chi connectivity index (χ4v) is 3.43. The summed E-state index contributed by atoms with van der Waals surface area (Å²) in [5.41, 5.74) is -0.516. The van der Waals surface area contributed by atoms with Crippen LogP contribution in [0.4, 0.5) is 5.69 Å². The van der Waals surface area contributed by atoms with E-state index in [2.05, 4.69) is 0 Å². The van der Waals surface area contributed by atoms with E-state index in [4.69, 9.17) is 16.3 Å². The van der Waals surface area contributed by atoms with Crippen LogP contribution < -0.4 is 4.74 Å². The first-order chi connectivity index (χ1) is 9.53. The van der Waals surface area contributed by atoms with Gasteiger partial charge in [-0.15, -0.1) is 0 Å². The topological polar surface area (TPSA) is 69.4 Å². The molecule has 0 bridgehead atoms. The van der Waals surface area contributed by atoms with Crippen molar-refractivity contribution in [2.24, 2.45) is 5.41 Å². The van der Waals surface area contributed by atoms with Gasteiger partial charge in [-0.1, -0.05) is 24.4 Å². The summed E-state index contributed by atoms with van der Waals surface area (Å²) in [6, 6.07) is 4.24. The number of hydrogen-bond donors (Lipinski definition) is 0. The van der Waals surface area contributed by atoms with Gasteiger partial charge in [-0.05, 0) is 18.9 Å². The van der Waals surface area contributed by atoms with Crippen LogP contribution in [-0.2, 0) is 4.79 Å². The van der Waals surface area contributed by atoms with Gasteiger partial charge in [-0.2, -0.15) is 0 Å². The van der Waals surface area contributed by atoms with Crippen LogP contribution in [0.5, 0.6) is 5.75 Å². The molecule has 0 amide bonds. The van der Waals surface area contributed by atoms with Crippen molar-refractivity contribution >= 4 is 23.1 Å². The molecule has 1 aromatic rings. The molecule has 3 rings (SSSR count). The maximum atomic E-state index is 11.9. The Kier molecular flexibility index (Phi) is 3.17. The van der Waals surface area contributed by atoms with Gasteiger partial charge in [-0.3, -0.25) is 14.9 Å². The van der Waals surface area contributed by atoms with Crippen molar-refractivity contribution in [3.05, 3.63) is 33.3 Å². The molecule has 0 radical (unpaired) electrons. The van der Waals surface area contributed by atoms with Crippen LogP contribution in [0, 0.1) is 15.5 Å². The quantitative estimate of drug-likeness (QED) is 0.632. The molecule has 2 saturated carbocycles. The number of hydrogen-bond acceptors (Lipinski definition) is 4. The lowest BCUT2D eigenvalue weighted by Crippen LogP contribution is -2.55. The summed E-state index contributed by atoms with van der Waals surface area (Å²) in [4.78, 5) is 22.4. The van der Waals surface area contributed by atoms with Crippen molar-refractivity contribution in [2.75, 3.05) is 0 Å². The average Bonchev–Trinajstić information content (AvgIpc) is 2.90. The minimum atomic E-state index is -0.493. The second kappa shape index (κ2) is 4.74. The van der Waals surface area contributed by atoms with E-state index in [-0.39, 0.29) is 23.3 Å². The number of rotatable bonds is 3. The third kappa shape index (κ3) is 1.97. The molecular weight excluding hydrogens is 282 g/mol. The normalized spacial score (nSPS) is 23.6. The molecule has 20 heavy (non-hydrogen) atoms. The van der Waals surface area contributed by atoms with Crippen molar-refractivity contribution in [3.63, 3.8) is 0 Å². The Morgan fingerprint density at radius 1 is 1.35 bits per heavy atom. The van der Waals surface area contributed by atoms with Gasteiger partial charge >= 0.3 is 5.69 Å². The monoisotopic (exact) mass is 295 g/mol. The molecule has 0 aliphatic heterocycles. The first-order valence-electron chi connectivity index (χ1n) is 6.67. The first-order valence-corrected chi connectivity index (χ1v) is 7.05. The lowest BCUT2D eigenvalue weighted by Gasteiger charge is -2.44. The molecule has 1 aromatic carbocycles. The Labute approximate surface area is 121 Å². The van der Waals surface area contributed by atoms with Crippen molar-refractivity contribution in [3.8, 4) is 5.75 Å². The van der Waals surface area contributed by atoms with E-state index >= 15 is 0 Å². The zero-order valence-corrected chi connectivity index (χ0v) is 11.6. The third-order valence-electron chi connectivity index (χ3n) is 4.43. The number of carbonyl (C=O) groups excluding carboxylic acids is 1. The van der Waals surface area contributed by atoms with E-state index in [0.717, 1.165) is 25.7 Å². The zero-order chi connectivity index (χ0) is 14.3. The van der Waals surface area contributed by atoms with E-state index in [9.17, 15) is 14.9 Å². The standard InChI is InChI=1S/C14H14ClNO4/c15-9-3-4-10(16(18)19)11(7-9)20-13-8-12(17)14(13)5-1-2-6-14/h3-4,7,13H,1-2,5-6,8H2. The van der Waals surface area contributed by atoms with Crippen molar-refractivity contribution < 1.29 is 14.5 Å². The smallest absolute Gasteiger partial charge is 0.311 e. The van der Waals surface area contributed by atoms with Crippen molar-refractivity contribution in [2.45, 2.75) is 38.2 Å². The van der Waals surface area contributed by atoms with Gasteiger partial charge in [0.05, 0.1) is 10.3 Å². The molecule has 5 nitrogen and oxygen atoms in total. The summed E-state index contributed by atoms with van der Waals surface area (Å²) in [5.74, 6) is 0.385. The molecule has 0 aromatic heterocycles. The minimum Gasteiger partial charge on any atom is -0.482 e. The van der Waals surface area contributed by atoms with Gasteiger partial charge in [0, 0.05) is 23.6 Å². The highest BCUT2D eigenvalue weighted by atomic mass is 35.5. The van der Waals surface area contributed by atoms with Crippen LogP contribution >= 0.6 is 11.6 Å². The molecule has 2 aliphatic rings. The zero-order valence-electron chi connectivity index (χ0n) is 10.8. The molecule has 2 fully saturated rings. The Morgan fingerprint density at radius 2 is 2.05 bits per heavy atom.